The fourth-order valence-electron chi connectivity index (χ4n) is 3.02. The van der Waals surface area contributed by atoms with Gasteiger partial charge in [-0.3, -0.25) is 4.79 Å². The van der Waals surface area contributed by atoms with Gasteiger partial charge >= 0.3 is 5.97 Å². The number of aliphatic imine (C=N–C) groups is 1. The van der Waals surface area contributed by atoms with E-state index in [1.807, 2.05) is 18.2 Å². The Labute approximate surface area is 173 Å². The summed E-state index contributed by atoms with van der Waals surface area (Å²) in [5.74, 6) is -0.390. The Morgan fingerprint density at radius 3 is 2.83 bits per heavy atom. The van der Waals surface area contributed by atoms with E-state index in [0.29, 0.717) is 22.6 Å². The molecule has 7 nitrogen and oxygen atoms in total. The largest absolute Gasteiger partial charge is 0.489 e. The molecule has 0 saturated carbocycles. The van der Waals surface area contributed by atoms with Crippen molar-refractivity contribution in [1.82, 2.24) is 0 Å². The zero-order chi connectivity index (χ0) is 21.3. The molecule has 0 aliphatic heterocycles. The Bertz CT molecular complexity index is 1140. The molecule has 0 saturated heterocycles. The average molecular weight is 403 g/mol. The van der Waals surface area contributed by atoms with E-state index >= 15 is 0 Å². The molecule has 7 heteroatoms. The lowest BCUT2D eigenvalue weighted by atomic mass is 10.0. The Morgan fingerprint density at radius 2 is 2.07 bits per heavy atom. The van der Waals surface area contributed by atoms with Crippen LogP contribution in [0.4, 0.5) is 0 Å². The van der Waals surface area contributed by atoms with Gasteiger partial charge in [0.2, 0.25) is 0 Å². The fourth-order valence-corrected chi connectivity index (χ4v) is 3.02. The van der Waals surface area contributed by atoms with E-state index in [-0.39, 0.29) is 13.0 Å². The van der Waals surface area contributed by atoms with Crippen molar-refractivity contribution in [3.63, 3.8) is 0 Å². The van der Waals surface area contributed by atoms with Crippen LogP contribution < -0.4 is 10.5 Å². The van der Waals surface area contributed by atoms with E-state index < -0.39 is 5.97 Å². The molecule has 0 fully saturated rings. The van der Waals surface area contributed by atoms with Crippen LogP contribution in [0.25, 0.3) is 16.7 Å². The van der Waals surface area contributed by atoms with Crippen LogP contribution in [0.5, 0.6) is 5.75 Å². The summed E-state index contributed by atoms with van der Waals surface area (Å²) < 4.78 is 11.6. The molecule has 0 aliphatic carbocycles. The van der Waals surface area contributed by atoms with E-state index in [2.05, 4.69) is 4.99 Å². The molecule has 1 aromatic heterocycles. The van der Waals surface area contributed by atoms with Gasteiger partial charge in [-0.1, -0.05) is 24.3 Å². The van der Waals surface area contributed by atoms with Crippen molar-refractivity contribution < 1.29 is 19.1 Å². The highest BCUT2D eigenvalue weighted by atomic mass is 16.5. The smallest absolute Gasteiger partial charge is 0.307 e. The summed E-state index contributed by atoms with van der Waals surface area (Å²) in [4.78, 5) is 15.3. The van der Waals surface area contributed by atoms with Crippen molar-refractivity contribution in [3.8, 4) is 5.75 Å². The van der Waals surface area contributed by atoms with Crippen LogP contribution in [0, 0.1) is 5.41 Å². The predicted molar refractivity (Wildman–Crippen MR) is 117 cm³/mol. The highest BCUT2D eigenvalue weighted by Gasteiger charge is 2.13. The number of aliphatic carboxylic acids is 1. The standard InChI is InChI=1S/C23H21N3O4/c24-9-4-3-6-20(26-15-25)19-12-16(11-18-8-10-29-23(18)19)14-30-21-7-2-1-5-17(21)13-22(27)28/h1-12,15,24H,13-14H2,(H2,25,26)(H,27,28). The molecule has 0 radical (unpaired) electrons. The number of hydrogen-bond acceptors (Lipinski definition) is 5. The molecule has 1 heterocycles. The van der Waals surface area contributed by atoms with Crippen LogP contribution in [-0.4, -0.2) is 23.6 Å². The summed E-state index contributed by atoms with van der Waals surface area (Å²) in [7, 11) is 0. The van der Waals surface area contributed by atoms with E-state index in [1.165, 1.54) is 12.6 Å². The lowest BCUT2D eigenvalue weighted by molar-refractivity contribution is -0.136. The summed E-state index contributed by atoms with van der Waals surface area (Å²) in [5, 5.41) is 17.1. The number of carboxylic acid groups (broad SMARTS) is 1. The van der Waals surface area contributed by atoms with Crippen LogP contribution in [-0.2, 0) is 17.8 Å². The molecule has 30 heavy (non-hydrogen) atoms. The maximum atomic E-state index is 11.1. The second-order valence-electron chi connectivity index (χ2n) is 6.33. The number of allylic oxidation sites excluding steroid dienone is 3. The van der Waals surface area contributed by atoms with Crippen molar-refractivity contribution in [2.45, 2.75) is 13.0 Å². The monoisotopic (exact) mass is 403 g/mol. The number of furan rings is 1. The van der Waals surface area contributed by atoms with Crippen LogP contribution in [0.3, 0.4) is 0 Å². The molecule has 4 N–H and O–H groups in total. The number of ether oxygens (including phenoxy) is 1. The minimum absolute atomic E-state index is 0.111. The number of carbonyl (C=O) groups is 1. The number of nitrogens with one attached hydrogen (secondary N) is 1. The first-order valence-electron chi connectivity index (χ1n) is 9.17. The zero-order valence-electron chi connectivity index (χ0n) is 16.1. The number of para-hydroxylation sites is 1. The van der Waals surface area contributed by atoms with E-state index in [9.17, 15) is 4.79 Å². The lowest BCUT2D eigenvalue weighted by Crippen LogP contribution is -2.04. The number of nitrogens with zero attached hydrogens (tertiary/aromatic N) is 1. The first-order valence-corrected chi connectivity index (χ1v) is 9.17. The third kappa shape index (κ3) is 5.02. The van der Waals surface area contributed by atoms with E-state index in [1.54, 1.807) is 48.8 Å². The molecule has 0 unspecified atom stereocenters. The van der Waals surface area contributed by atoms with Gasteiger partial charge < -0.3 is 25.4 Å². The van der Waals surface area contributed by atoms with Crippen molar-refractivity contribution in [3.05, 3.63) is 83.6 Å². The summed E-state index contributed by atoms with van der Waals surface area (Å²) >= 11 is 0. The highest BCUT2D eigenvalue weighted by Crippen LogP contribution is 2.30. The molecule has 0 aliphatic rings. The second-order valence-corrected chi connectivity index (χ2v) is 6.33. The maximum Gasteiger partial charge on any atom is 0.307 e. The van der Waals surface area contributed by atoms with Gasteiger partial charge in [-0.15, -0.1) is 0 Å². The molecule has 0 atom stereocenters. The molecule has 0 amide bonds. The van der Waals surface area contributed by atoms with Crippen LogP contribution in [0.2, 0.25) is 0 Å². The van der Waals surface area contributed by atoms with Crippen molar-refractivity contribution in [2.24, 2.45) is 10.7 Å². The van der Waals surface area contributed by atoms with Gasteiger partial charge in [-0.05, 0) is 42.0 Å². The number of hydrogen-bond donors (Lipinski definition) is 3. The number of rotatable bonds is 9. The van der Waals surface area contributed by atoms with Crippen molar-refractivity contribution >= 4 is 35.2 Å². The van der Waals surface area contributed by atoms with Crippen molar-refractivity contribution in [1.29, 1.82) is 5.41 Å². The summed E-state index contributed by atoms with van der Waals surface area (Å²) in [6, 6.07) is 12.8. The number of carboxylic acids is 1. The normalized spacial score (nSPS) is 12.1. The Balaban J connectivity index is 1.95. The minimum atomic E-state index is -0.916. The fraction of sp³-hybridized carbons (Fsp3) is 0.0870. The molecular formula is C23H21N3O4. The topological polar surface area (TPSA) is 122 Å². The lowest BCUT2D eigenvalue weighted by Gasteiger charge is -2.12. The number of nitrogens with two attached hydrogens (primary N) is 1. The van der Waals surface area contributed by atoms with Gasteiger partial charge in [0.05, 0.1) is 24.7 Å². The summed E-state index contributed by atoms with van der Waals surface area (Å²) in [6.45, 7) is 0.237. The first kappa shape index (κ1) is 20.6. The van der Waals surface area contributed by atoms with Crippen LogP contribution >= 0.6 is 0 Å². The second kappa shape index (κ2) is 9.88. The van der Waals surface area contributed by atoms with Gasteiger partial charge in [-0.25, -0.2) is 4.99 Å². The Morgan fingerprint density at radius 1 is 1.23 bits per heavy atom. The molecule has 152 valence electrons. The third-order valence-corrected chi connectivity index (χ3v) is 4.27. The van der Waals surface area contributed by atoms with Gasteiger partial charge in [0.1, 0.15) is 17.9 Å². The maximum absolute atomic E-state index is 11.1. The molecule has 0 spiro atoms. The SMILES string of the molecule is N=CC=CC=C(N=CN)c1cc(COc2ccccc2CC(=O)O)cc2ccoc12. The average Bonchev–Trinajstić information content (AvgIpc) is 3.20. The Kier molecular flexibility index (Phi) is 6.78. The Hall–Kier alpha value is -4.13. The van der Waals surface area contributed by atoms with Crippen LogP contribution in [0.1, 0.15) is 16.7 Å². The van der Waals surface area contributed by atoms with E-state index in [0.717, 1.165) is 16.5 Å². The molecular weight excluding hydrogens is 382 g/mol. The molecule has 3 aromatic rings. The van der Waals surface area contributed by atoms with Gasteiger partial charge in [0.25, 0.3) is 0 Å². The number of benzene rings is 2. The molecule has 3 rings (SSSR count). The molecule has 0 bridgehead atoms. The van der Waals surface area contributed by atoms with Crippen molar-refractivity contribution in [2.75, 3.05) is 0 Å². The van der Waals surface area contributed by atoms with Gasteiger partial charge in [0, 0.05) is 22.7 Å². The summed E-state index contributed by atoms with van der Waals surface area (Å²) in [6.07, 6.45) is 8.84. The van der Waals surface area contributed by atoms with E-state index in [4.69, 9.17) is 25.4 Å². The van der Waals surface area contributed by atoms with Gasteiger partial charge in [0.15, 0.2) is 0 Å². The van der Waals surface area contributed by atoms with Crippen LogP contribution in [0.15, 0.2) is 76.4 Å². The first-order chi connectivity index (χ1) is 14.6. The third-order valence-electron chi connectivity index (χ3n) is 4.27. The minimum Gasteiger partial charge on any atom is -0.489 e. The quantitative estimate of drug-likeness (QED) is 0.281. The highest BCUT2D eigenvalue weighted by molar-refractivity contribution is 5.92. The molecule has 2 aromatic carbocycles. The predicted octanol–water partition coefficient (Wildman–Crippen LogP) is 4.17. The number of fused-ring (bicyclic) bond motifs is 1. The summed E-state index contributed by atoms with van der Waals surface area (Å²) in [5.41, 5.74) is 8.94. The van der Waals surface area contributed by atoms with Gasteiger partial charge in [-0.2, -0.15) is 0 Å². The zero-order valence-corrected chi connectivity index (χ0v) is 16.1.